The molecule has 0 saturated carbocycles. The van der Waals surface area contributed by atoms with E-state index in [2.05, 4.69) is 42.3 Å². The van der Waals surface area contributed by atoms with E-state index in [1.165, 1.54) is 22.9 Å². The fourth-order valence-corrected chi connectivity index (χ4v) is 3.44. The summed E-state index contributed by atoms with van der Waals surface area (Å²) in [4.78, 5) is 27.7. The van der Waals surface area contributed by atoms with E-state index < -0.39 is 5.97 Å². The van der Waals surface area contributed by atoms with Crippen LogP contribution in [0.4, 0.5) is 0 Å². The van der Waals surface area contributed by atoms with Gasteiger partial charge >= 0.3 is 5.97 Å². The molecule has 0 saturated heterocycles. The maximum Gasteiger partial charge on any atom is 0.325 e. The first-order valence-corrected chi connectivity index (χ1v) is 9.78. The molecule has 0 radical (unpaired) electrons. The van der Waals surface area contributed by atoms with Gasteiger partial charge < -0.3 is 10.1 Å². The largest absolute Gasteiger partial charge is 0.465 e. The van der Waals surface area contributed by atoms with Crippen molar-refractivity contribution in [3.8, 4) is 5.69 Å². The maximum absolute atomic E-state index is 12.0. The summed E-state index contributed by atoms with van der Waals surface area (Å²) in [6.07, 6.45) is 5.51. The summed E-state index contributed by atoms with van der Waals surface area (Å²) in [5, 5.41) is 3.32. The second kappa shape index (κ2) is 10.0. The zero-order valence-corrected chi connectivity index (χ0v) is 16.3. The van der Waals surface area contributed by atoms with E-state index in [4.69, 9.17) is 4.74 Å². The van der Waals surface area contributed by atoms with E-state index >= 15 is 0 Å². The summed E-state index contributed by atoms with van der Waals surface area (Å²) in [5.74, 6) is -0.472. The predicted octanol–water partition coefficient (Wildman–Crippen LogP) is 2.77. The van der Waals surface area contributed by atoms with E-state index in [0.717, 1.165) is 23.7 Å². The number of imidazole rings is 1. The van der Waals surface area contributed by atoms with Crippen LogP contribution in [0.25, 0.3) is 5.69 Å². The molecule has 26 heavy (non-hydrogen) atoms. The van der Waals surface area contributed by atoms with Crippen LogP contribution in [0.2, 0.25) is 0 Å². The highest BCUT2D eigenvalue weighted by atomic mass is 32.2. The fraction of sp³-hybridized carbons (Fsp3) is 0.421. The zero-order chi connectivity index (χ0) is 18.9. The number of carbonyl (C=O) groups excluding carboxylic acids is 2. The number of thioether (sulfide) groups is 1. The summed E-state index contributed by atoms with van der Waals surface area (Å²) in [7, 11) is 0. The molecular weight excluding hydrogens is 350 g/mol. The van der Waals surface area contributed by atoms with Gasteiger partial charge in [-0.1, -0.05) is 43.8 Å². The van der Waals surface area contributed by atoms with Crippen molar-refractivity contribution in [2.24, 2.45) is 0 Å². The highest BCUT2D eigenvalue weighted by molar-refractivity contribution is 7.99. The number of aryl methyl sites for hydroxylation is 2. The van der Waals surface area contributed by atoms with Gasteiger partial charge in [0, 0.05) is 12.4 Å². The first kappa shape index (κ1) is 20.0. The Morgan fingerprint density at radius 3 is 2.50 bits per heavy atom. The third kappa shape index (κ3) is 5.11. The van der Waals surface area contributed by atoms with Crippen molar-refractivity contribution in [3.63, 3.8) is 0 Å². The lowest BCUT2D eigenvalue weighted by Gasteiger charge is -2.16. The molecule has 1 aromatic carbocycles. The van der Waals surface area contributed by atoms with Crippen LogP contribution in [0.3, 0.4) is 0 Å². The van der Waals surface area contributed by atoms with Crippen molar-refractivity contribution >= 4 is 23.6 Å². The van der Waals surface area contributed by atoms with Crippen LogP contribution in [0, 0.1) is 0 Å². The van der Waals surface area contributed by atoms with E-state index in [0.29, 0.717) is 6.61 Å². The minimum absolute atomic E-state index is 0.111. The highest BCUT2D eigenvalue weighted by Crippen LogP contribution is 2.26. The Balaban J connectivity index is 2.08. The van der Waals surface area contributed by atoms with Crippen LogP contribution in [-0.2, 0) is 27.2 Å². The Morgan fingerprint density at radius 2 is 1.88 bits per heavy atom. The van der Waals surface area contributed by atoms with Crippen LogP contribution in [0.1, 0.15) is 31.9 Å². The SMILES string of the molecule is CCOC(=O)CNC(=O)CSc1nccn1-c1c(CC)cccc1CC. The topological polar surface area (TPSA) is 73.2 Å². The van der Waals surface area contributed by atoms with Crippen molar-refractivity contribution in [1.29, 1.82) is 0 Å². The first-order chi connectivity index (χ1) is 12.6. The molecule has 1 heterocycles. The van der Waals surface area contributed by atoms with Gasteiger partial charge in [0.15, 0.2) is 5.16 Å². The van der Waals surface area contributed by atoms with Gasteiger partial charge in [-0.3, -0.25) is 14.2 Å². The Labute approximate surface area is 158 Å². The number of benzene rings is 1. The monoisotopic (exact) mass is 375 g/mol. The summed E-state index contributed by atoms with van der Waals surface area (Å²) >= 11 is 1.35. The number of para-hydroxylation sites is 1. The second-order valence-electron chi connectivity index (χ2n) is 5.58. The van der Waals surface area contributed by atoms with Gasteiger partial charge in [0.2, 0.25) is 5.91 Å². The average Bonchev–Trinajstić information content (AvgIpc) is 3.12. The molecule has 140 valence electrons. The van der Waals surface area contributed by atoms with Crippen molar-refractivity contribution in [3.05, 3.63) is 41.7 Å². The van der Waals surface area contributed by atoms with Crippen LogP contribution in [0.15, 0.2) is 35.7 Å². The van der Waals surface area contributed by atoms with E-state index in [1.54, 1.807) is 13.1 Å². The van der Waals surface area contributed by atoms with Gasteiger partial charge in [-0.05, 0) is 30.9 Å². The van der Waals surface area contributed by atoms with Gasteiger partial charge in [-0.15, -0.1) is 0 Å². The van der Waals surface area contributed by atoms with E-state index in [-0.39, 0.29) is 18.2 Å². The summed E-state index contributed by atoms with van der Waals surface area (Å²) in [6, 6.07) is 6.32. The highest BCUT2D eigenvalue weighted by Gasteiger charge is 2.14. The quantitative estimate of drug-likeness (QED) is 0.539. The molecule has 0 spiro atoms. The standard InChI is InChI=1S/C19H25N3O3S/c1-4-14-8-7-9-15(5-2)18(14)22-11-10-20-19(22)26-13-16(23)21-12-17(24)25-6-3/h7-11H,4-6,12-13H2,1-3H3,(H,21,23). The number of nitrogens with zero attached hydrogens (tertiary/aromatic N) is 2. The van der Waals surface area contributed by atoms with Gasteiger partial charge in [0.25, 0.3) is 0 Å². The molecule has 1 amide bonds. The minimum Gasteiger partial charge on any atom is -0.465 e. The van der Waals surface area contributed by atoms with Crippen LogP contribution in [0.5, 0.6) is 0 Å². The molecule has 2 aromatic rings. The van der Waals surface area contributed by atoms with Gasteiger partial charge in [-0.25, -0.2) is 4.98 Å². The smallest absolute Gasteiger partial charge is 0.325 e. The molecule has 0 aliphatic heterocycles. The third-order valence-corrected chi connectivity index (χ3v) is 4.85. The lowest BCUT2D eigenvalue weighted by atomic mass is 10.0. The lowest BCUT2D eigenvalue weighted by molar-refractivity contribution is -0.143. The van der Waals surface area contributed by atoms with Gasteiger partial charge in [0.1, 0.15) is 6.54 Å². The number of rotatable bonds is 9. The van der Waals surface area contributed by atoms with Crippen molar-refractivity contribution in [1.82, 2.24) is 14.9 Å². The molecular formula is C19H25N3O3S. The zero-order valence-electron chi connectivity index (χ0n) is 15.4. The average molecular weight is 375 g/mol. The molecule has 7 heteroatoms. The first-order valence-electron chi connectivity index (χ1n) is 8.80. The molecule has 0 fully saturated rings. The Morgan fingerprint density at radius 1 is 1.19 bits per heavy atom. The van der Waals surface area contributed by atoms with Crippen LogP contribution < -0.4 is 5.32 Å². The molecule has 0 aliphatic carbocycles. The number of ether oxygens (including phenoxy) is 1. The summed E-state index contributed by atoms with van der Waals surface area (Å²) < 4.78 is 6.84. The number of nitrogens with one attached hydrogen (secondary N) is 1. The minimum atomic E-state index is -0.434. The molecule has 2 rings (SSSR count). The molecule has 1 N–H and O–H groups in total. The molecule has 1 aromatic heterocycles. The van der Waals surface area contributed by atoms with E-state index in [1.807, 2.05) is 10.8 Å². The predicted molar refractivity (Wildman–Crippen MR) is 103 cm³/mol. The molecule has 0 atom stereocenters. The third-order valence-electron chi connectivity index (χ3n) is 3.88. The molecule has 0 bridgehead atoms. The summed E-state index contributed by atoms with van der Waals surface area (Å²) in [5.41, 5.74) is 3.64. The van der Waals surface area contributed by atoms with Crippen molar-refractivity contribution < 1.29 is 14.3 Å². The summed E-state index contributed by atoms with van der Waals surface area (Å²) in [6.45, 7) is 6.18. The van der Waals surface area contributed by atoms with Gasteiger partial charge in [0.05, 0.1) is 18.0 Å². The fourth-order valence-electron chi connectivity index (χ4n) is 2.66. The molecule has 6 nitrogen and oxygen atoms in total. The second-order valence-corrected chi connectivity index (χ2v) is 6.52. The maximum atomic E-state index is 12.0. The van der Waals surface area contributed by atoms with Crippen LogP contribution in [-0.4, -0.2) is 40.3 Å². The van der Waals surface area contributed by atoms with Gasteiger partial charge in [-0.2, -0.15) is 0 Å². The number of hydrogen-bond donors (Lipinski definition) is 1. The van der Waals surface area contributed by atoms with Crippen molar-refractivity contribution in [2.45, 2.75) is 38.8 Å². The molecule has 0 unspecified atom stereocenters. The number of amides is 1. The number of esters is 1. The Kier molecular flexibility index (Phi) is 7.72. The van der Waals surface area contributed by atoms with E-state index in [9.17, 15) is 9.59 Å². The number of carbonyl (C=O) groups is 2. The Hall–Kier alpha value is -2.28. The van der Waals surface area contributed by atoms with Crippen molar-refractivity contribution in [2.75, 3.05) is 18.9 Å². The number of hydrogen-bond acceptors (Lipinski definition) is 5. The normalized spacial score (nSPS) is 10.6. The lowest BCUT2D eigenvalue weighted by Crippen LogP contribution is -2.31. The Bertz CT molecular complexity index is 736. The molecule has 0 aliphatic rings. The van der Waals surface area contributed by atoms with Crippen LogP contribution >= 0.6 is 11.8 Å². The number of aromatic nitrogens is 2.